The van der Waals surface area contributed by atoms with Crippen molar-refractivity contribution in [2.45, 2.75) is 32.7 Å². The van der Waals surface area contributed by atoms with Gasteiger partial charge in [0.1, 0.15) is 11.3 Å². The standard InChI is InChI=1S/C13H19NO3/c1-9-6-10(2)8-11(7-9)17-5-4-13(3,14)12(15)16/h6-8H,4-5,14H2,1-3H3,(H,15,16). The van der Waals surface area contributed by atoms with Crippen molar-refractivity contribution >= 4 is 5.97 Å². The molecule has 0 aliphatic carbocycles. The zero-order chi connectivity index (χ0) is 13.1. The Morgan fingerprint density at radius 1 is 1.35 bits per heavy atom. The van der Waals surface area contributed by atoms with Gasteiger partial charge in [-0.3, -0.25) is 4.79 Å². The van der Waals surface area contributed by atoms with E-state index in [-0.39, 0.29) is 6.42 Å². The summed E-state index contributed by atoms with van der Waals surface area (Å²) in [5, 5.41) is 8.85. The van der Waals surface area contributed by atoms with Crippen LogP contribution in [0.15, 0.2) is 18.2 Å². The second kappa shape index (κ2) is 5.19. The van der Waals surface area contributed by atoms with Crippen LogP contribution in [0.2, 0.25) is 0 Å². The average molecular weight is 237 g/mol. The molecule has 0 radical (unpaired) electrons. The summed E-state index contributed by atoms with van der Waals surface area (Å²) in [6, 6.07) is 5.89. The smallest absolute Gasteiger partial charge is 0.323 e. The summed E-state index contributed by atoms with van der Waals surface area (Å²) in [5.41, 5.74) is 6.61. The summed E-state index contributed by atoms with van der Waals surface area (Å²) in [4.78, 5) is 10.8. The Balaban J connectivity index is 2.54. The van der Waals surface area contributed by atoms with Crippen LogP contribution in [0.5, 0.6) is 5.75 Å². The second-order valence-electron chi connectivity index (χ2n) is 4.64. The number of rotatable bonds is 5. The van der Waals surface area contributed by atoms with E-state index in [1.165, 1.54) is 6.92 Å². The fourth-order valence-corrected chi connectivity index (χ4v) is 1.50. The lowest BCUT2D eigenvalue weighted by Gasteiger charge is -2.19. The quantitative estimate of drug-likeness (QED) is 0.820. The van der Waals surface area contributed by atoms with Crippen molar-refractivity contribution in [3.05, 3.63) is 29.3 Å². The second-order valence-corrected chi connectivity index (χ2v) is 4.64. The molecule has 1 aromatic carbocycles. The summed E-state index contributed by atoms with van der Waals surface area (Å²) < 4.78 is 5.51. The molecule has 0 amide bonds. The molecule has 1 atom stereocenters. The van der Waals surface area contributed by atoms with Gasteiger partial charge in [0.05, 0.1) is 6.61 Å². The number of carbonyl (C=O) groups is 1. The maximum absolute atomic E-state index is 10.8. The van der Waals surface area contributed by atoms with Gasteiger partial charge < -0.3 is 15.6 Å². The van der Waals surface area contributed by atoms with Crippen LogP contribution in [0, 0.1) is 13.8 Å². The average Bonchev–Trinajstić information content (AvgIpc) is 2.15. The molecule has 1 rings (SSSR count). The van der Waals surface area contributed by atoms with Crippen molar-refractivity contribution in [1.82, 2.24) is 0 Å². The van der Waals surface area contributed by atoms with Gasteiger partial charge in [-0.2, -0.15) is 0 Å². The molecule has 94 valence electrons. The van der Waals surface area contributed by atoms with E-state index in [1.54, 1.807) is 0 Å². The Morgan fingerprint density at radius 2 is 1.88 bits per heavy atom. The summed E-state index contributed by atoms with van der Waals surface area (Å²) in [6.07, 6.45) is 0.273. The molecule has 17 heavy (non-hydrogen) atoms. The van der Waals surface area contributed by atoms with E-state index in [1.807, 2.05) is 26.0 Å². The highest BCUT2D eigenvalue weighted by Gasteiger charge is 2.27. The number of carboxylic acid groups (broad SMARTS) is 1. The lowest BCUT2D eigenvalue weighted by atomic mass is 10.0. The van der Waals surface area contributed by atoms with Crippen LogP contribution in [0.1, 0.15) is 24.5 Å². The maximum Gasteiger partial charge on any atom is 0.323 e. The largest absolute Gasteiger partial charge is 0.493 e. The van der Waals surface area contributed by atoms with Gasteiger partial charge in [0.25, 0.3) is 0 Å². The Kier molecular flexibility index (Phi) is 4.12. The van der Waals surface area contributed by atoms with Gasteiger partial charge in [-0.25, -0.2) is 0 Å². The van der Waals surface area contributed by atoms with Crippen LogP contribution in [-0.2, 0) is 4.79 Å². The predicted molar refractivity (Wildman–Crippen MR) is 66.3 cm³/mol. The minimum Gasteiger partial charge on any atom is -0.493 e. The van der Waals surface area contributed by atoms with E-state index >= 15 is 0 Å². The van der Waals surface area contributed by atoms with Crippen molar-refractivity contribution in [2.75, 3.05) is 6.61 Å². The van der Waals surface area contributed by atoms with Gasteiger partial charge in [0.2, 0.25) is 0 Å². The normalized spacial score (nSPS) is 14.1. The molecule has 1 unspecified atom stereocenters. The molecular weight excluding hydrogens is 218 g/mol. The van der Waals surface area contributed by atoms with Gasteiger partial charge in [0.15, 0.2) is 0 Å². The first-order chi connectivity index (χ1) is 7.81. The minimum absolute atomic E-state index is 0.273. The minimum atomic E-state index is -1.24. The lowest BCUT2D eigenvalue weighted by Crippen LogP contribution is -2.45. The van der Waals surface area contributed by atoms with Gasteiger partial charge in [-0.05, 0) is 44.0 Å². The van der Waals surface area contributed by atoms with E-state index in [4.69, 9.17) is 15.6 Å². The Bertz CT molecular complexity index is 393. The van der Waals surface area contributed by atoms with E-state index in [2.05, 4.69) is 6.07 Å². The molecule has 0 bridgehead atoms. The number of hydrogen-bond acceptors (Lipinski definition) is 3. The molecule has 0 spiro atoms. The van der Waals surface area contributed by atoms with Crippen LogP contribution in [0.25, 0.3) is 0 Å². The van der Waals surface area contributed by atoms with Crippen molar-refractivity contribution in [3.63, 3.8) is 0 Å². The molecule has 0 fully saturated rings. The fourth-order valence-electron chi connectivity index (χ4n) is 1.50. The number of benzene rings is 1. The van der Waals surface area contributed by atoms with Crippen LogP contribution >= 0.6 is 0 Å². The molecule has 0 aliphatic rings. The third-order valence-electron chi connectivity index (χ3n) is 2.57. The van der Waals surface area contributed by atoms with Crippen LogP contribution in [-0.4, -0.2) is 23.2 Å². The number of aryl methyl sites for hydroxylation is 2. The van der Waals surface area contributed by atoms with Crippen LogP contribution in [0.3, 0.4) is 0 Å². The topological polar surface area (TPSA) is 72.5 Å². The molecule has 0 saturated heterocycles. The molecular formula is C13H19NO3. The molecule has 1 aromatic rings. The third-order valence-corrected chi connectivity index (χ3v) is 2.57. The SMILES string of the molecule is Cc1cc(C)cc(OCCC(C)(N)C(=O)O)c1. The maximum atomic E-state index is 10.8. The third kappa shape index (κ3) is 4.07. The number of carboxylic acids is 1. The van der Waals surface area contributed by atoms with Gasteiger partial charge in [0, 0.05) is 6.42 Å². The Hall–Kier alpha value is -1.55. The zero-order valence-electron chi connectivity index (χ0n) is 10.5. The zero-order valence-corrected chi connectivity index (χ0v) is 10.5. The highest BCUT2D eigenvalue weighted by molar-refractivity contribution is 5.77. The molecule has 0 saturated carbocycles. The molecule has 4 heteroatoms. The van der Waals surface area contributed by atoms with E-state index < -0.39 is 11.5 Å². The lowest BCUT2D eigenvalue weighted by molar-refractivity contribution is -0.143. The van der Waals surface area contributed by atoms with Crippen molar-refractivity contribution in [3.8, 4) is 5.75 Å². The highest BCUT2D eigenvalue weighted by atomic mass is 16.5. The van der Waals surface area contributed by atoms with Crippen LogP contribution < -0.4 is 10.5 Å². The summed E-state index contributed by atoms with van der Waals surface area (Å²) in [6.45, 7) is 5.76. The van der Waals surface area contributed by atoms with Crippen molar-refractivity contribution in [1.29, 1.82) is 0 Å². The predicted octanol–water partition coefficient (Wildman–Crippen LogP) is 1.87. The first-order valence-corrected chi connectivity index (χ1v) is 5.54. The van der Waals surface area contributed by atoms with Crippen molar-refractivity contribution < 1.29 is 14.6 Å². The summed E-state index contributed by atoms with van der Waals surface area (Å²) in [7, 11) is 0. The Labute approximate surface area is 101 Å². The molecule has 0 aromatic heterocycles. The van der Waals surface area contributed by atoms with E-state index in [9.17, 15) is 4.79 Å². The molecule has 0 heterocycles. The molecule has 3 N–H and O–H groups in total. The Morgan fingerprint density at radius 3 is 2.35 bits per heavy atom. The first kappa shape index (κ1) is 13.5. The number of nitrogens with two attached hydrogens (primary N) is 1. The van der Waals surface area contributed by atoms with Gasteiger partial charge >= 0.3 is 5.97 Å². The summed E-state index contributed by atoms with van der Waals surface area (Å²) >= 11 is 0. The highest BCUT2D eigenvalue weighted by Crippen LogP contribution is 2.17. The molecule has 4 nitrogen and oxygen atoms in total. The monoisotopic (exact) mass is 237 g/mol. The van der Waals surface area contributed by atoms with Crippen molar-refractivity contribution in [2.24, 2.45) is 5.73 Å². The molecule has 0 aliphatic heterocycles. The van der Waals surface area contributed by atoms with Gasteiger partial charge in [-0.15, -0.1) is 0 Å². The number of aliphatic carboxylic acids is 1. The van der Waals surface area contributed by atoms with E-state index in [0.717, 1.165) is 16.9 Å². The van der Waals surface area contributed by atoms with Gasteiger partial charge in [-0.1, -0.05) is 6.07 Å². The van der Waals surface area contributed by atoms with Crippen LogP contribution in [0.4, 0.5) is 0 Å². The summed E-state index contributed by atoms with van der Waals surface area (Å²) in [5.74, 6) is -0.259. The number of hydrogen-bond donors (Lipinski definition) is 2. The van der Waals surface area contributed by atoms with E-state index in [0.29, 0.717) is 6.61 Å². The first-order valence-electron chi connectivity index (χ1n) is 5.54. The fraction of sp³-hybridized carbons (Fsp3) is 0.462. The number of ether oxygens (including phenoxy) is 1.